The summed E-state index contributed by atoms with van der Waals surface area (Å²) in [6, 6.07) is 10.4. The van der Waals surface area contributed by atoms with Crippen LogP contribution < -0.4 is 4.90 Å². The molecule has 0 radical (unpaired) electrons. The van der Waals surface area contributed by atoms with Crippen molar-refractivity contribution in [2.24, 2.45) is 7.05 Å². The molecule has 31 heavy (non-hydrogen) atoms. The lowest BCUT2D eigenvalue weighted by Gasteiger charge is -2.39. The minimum absolute atomic E-state index is 0.189. The molecule has 3 aromatic rings. The largest absolute Gasteiger partial charge is 0.480 e. The van der Waals surface area contributed by atoms with E-state index in [0.717, 1.165) is 24.0 Å². The van der Waals surface area contributed by atoms with Gasteiger partial charge in [-0.25, -0.2) is 4.79 Å². The topological polar surface area (TPSA) is 86.0 Å². The molecule has 0 aliphatic carbocycles. The minimum atomic E-state index is -0.998. The summed E-state index contributed by atoms with van der Waals surface area (Å²) in [5.74, 6) is -1.89. The van der Waals surface area contributed by atoms with E-state index in [0.29, 0.717) is 18.7 Å². The van der Waals surface area contributed by atoms with Crippen LogP contribution in [0.5, 0.6) is 0 Å². The van der Waals surface area contributed by atoms with Crippen LogP contribution in [0.2, 0.25) is 0 Å². The van der Waals surface area contributed by atoms with E-state index in [2.05, 4.69) is 36.9 Å². The molecule has 1 fully saturated rings. The number of aliphatic carboxylic acids is 1. The Morgan fingerprint density at radius 3 is 2.35 bits per heavy atom. The Morgan fingerprint density at radius 1 is 1.00 bits per heavy atom. The molecule has 2 aromatic carbocycles. The molecule has 0 amide bonds. The van der Waals surface area contributed by atoms with Gasteiger partial charge in [0.15, 0.2) is 0 Å². The number of carboxylic acids is 2. The van der Waals surface area contributed by atoms with Gasteiger partial charge < -0.3 is 19.7 Å². The first-order chi connectivity index (χ1) is 14.8. The maximum absolute atomic E-state index is 12.3. The number of anilines is 1. The van der Waals surface area contributed by atoms with Crippen molar-refractivity contribution in [3.63, 3.8) is 0 Å². The first kappa shape index (κ1) is 20.9. The Hall–Kier alpha value is -3.32. The number of rotatable bonds is 5. The SMILES string of the molecule is Cc1cccc(N2CCN([C@@H](C(=O)O)c3cn(C)c4cc(C(=O)O)ccc34)CC2)c1C. The number of aryl methyl sites for hydroxylation is 2. The number of carboxylic acid groups (broad SMARTS) is 2. The molecule has 162 valence electrons. The molecule has 0 spiro atoms. The monoisotopic (exact) mass is 421 g/mol. The van der Waals surface area contributed by atoms with E-state index < -0.39 is 18.0 Å². The third-order valence-electron chi connectivity index (χ3n) is 6.39. The van der Waals surface area contributed by atoms with Crippen LogP contribution in [0.15, 0.2) is 42.6 Å². The molecule has 0 saturated carbocycles. The quantitative estimate of drug-likeness (QED) is 0.656. The number of benzene rings is 2. The first-order valence-corrected chi connectivity index (χ1v) is 10.4. The summed E-state index contributed by atoms with van der Waals surface area (Å²) in [5, 5.41) is 20.2. The van der Waals surface area contributed by atoms with Gasteiger partial charge in [0, 0.05) is 61.6 Å². The van der Waals surface area contributed by atoms with Gasteiger partial charge in [0.25, 0.3) is 0 Å². The third kappa shape index (κ3) is 3.77. The maximum Gasteiger partial charge on any atom is 0.335 e. The Morgan fingerprint density at radius 2 is 1.71 bits per heavy atom. The average molecular weight is 421 g/mol. The van der Waals surface area contributed by atoms with Crippen molar-refractivity contribution in [3.05, 3.63) is 64.8 Å². The van der Waals surface area contributed by atoms with Gasteiger partial charge in [-0.05, 0) is 43.2 Å². The van der Waals surface area contributed by atoms with Crippen LogP contribution in [0.4, 0.5) is 5.69 Å². The van der Waals surface area contributed by atoms with Gasteiger partial charge in [0.1, 0.15) is 6.04 Å². The molecular weight excluding hydrogens is 394 g/mol. The second-order valence-electron chi connectivity index (χ2n) is 8.22. The van der Waals surface area contributed by atoms with E-state index in [1.807, 2.05) is 18.1 Å². The number of aromatic nitrogens is 1. The number of nitrogens with zero attached hydrogens (tertiary/aromatic N) is 3. The molecule has 1 saturated heterocycles. The van der Waals surface area contributed by atoms with Crippen molar-refractivity contribution < 1.29 is 19.8 Å². The van der Waals surface area contributed by atoms with Crippen molar-refractivity contribution in [2.45, 2.75) is 19.9 Å². The molecule has 1 aliphatic heterocycles. The standard InChI is InChI=1S/C24H27N3O4/c1-15-5-4-6-20(16(15)2)26-9-11-27(12-10-26)22(24(30)31)19-14-25(3)21-13-17(23(28)29)7-8-18(19)21/h4-8,13-14,22H,9-12H2,1-3H3,(H,28,29)(H,30,31)/t22-/m1/s1. The fourth-order valence-corrected chi connectivity index (χ4v) is 4.55. The molecule has 1 aliphatic rings. The molecule has 4 rings (SSSR count). The number of aromatic carboxylic acids is 1. The lowest BCUT2D eigenvalue weighted by atomic mass is 10.0. The van der Waals surface area contributed by atoms with Crippen LogP contribution in [0.25, 0.3) is 10.9 Å². The highest BCUT2D eigenvalue weighted by atomic mass is 16.4. The highest BCUT2D eigenvalue weighted by molar-refractivity contribution is 5.96. The summed E-state index contributed by atoms with van der Waals surface area (Å²) in [4.78, 5) is 28.0. The van der Waals surface area contributed by atoms with E-state index in [1.165, 1.54) is 22.9 Å². The molecule has 7 heteroatoms. The van der Waals surface area contributed by atoms with Gasteiger partial charge in [-0.2, -0.15) is 0 Å². The number of hydrogen-bond donors (Lipinski definition) is 2. The Labute approximate surface area is 181 Å². The van der Waals surface area contributed by atoms with Gasteiger partial charge >= 0.3 is 11.9 Å². The summed E-state index contributed by atoms with van der Waals surface area (Å²) in [6.45, 7) is 7.00. The summed E-state index contributed by atoms with van der Waals surface area (Å²) in [6.07, 6.45) is 1.81. The van der Waals surface area contributed by atoms with Crippen LogP contribution >= 0.6 is 0 Å². The third-order valence-corrected chi connectivity index (χ3v) is 6.39. The van der Waals surface area contributed by atoms with E-state index >= 15 is 0 Å². The normalized spacial score (nSPS) is 15.9. The predicted octanol–water partition coefficient (Wildman–Crippen LogP) is 3.44. The average Bonchev–Trinajstić information content (AvgIpc) is 3.06. The Kier molecular flexibility index (Phi) is 5.45. The highest BCUT2D eigenvalue weighted by Gasteiger charge is 2.33. The Balaban J connectivity index is 1.62. The van der Waals surface area contributed by atoms with Crippen molar-refractivity contribution in [1.82, 2.24) is 9.47 Å². The van der Waals surface area contributed by atoms with Crippen LogP contribution in [-0.4, -0.2) is 57.8 Å². The fourth-order valence-electron chi connectivity index (χ4n) is 4.55. The molecule has 1 atom stereocenters. The van der Waals surface area contributed by atoms with Crippen LogP contribution in [0, 0.1) is 13.8 Å². The molecule has 0 bridgehead atoms. The zero-order valence-corrected chi connectivity index (χ0v) is 18.0. The molecule has 2 N–H and O–H groups in total. The predicted molar refractivity (Wildman–Crippen MR) is 120 cm³/mol. The molecule has 0 unspecified atom stereocenters. The maximum atomic E-state index is 12.3. The highest BCUT2D eigenvalue weighted by Crippen LogP contribution is 2.32. The second kappa shape index (κ2) is 8.07. The zero-order valence-electron chi connectivity index (χ0n) is 18.0. The first-order valence-electron chi connectivity index (χ1n) is 10.4. The number of carbonyl (C=O) groups is 2. The van der Waals surface area contributed by atoms with Crippen molar-refractivity contribution in [2.75, 3.05) is 31.1 Å². The summed E-state index contributed by atoms with van der Waals surface area (Å²) < 4.78 is 1.80. The number of piperazine rings is 1. The van der Waals surface area contributed by atoms with Crippen LogP contribution in [0.3, 0.4) is 0 Å². The van der Waals surface area contributed by atoms with Gasteiger partial charge in [0.05, 0.1) is 5.56 Å². The van der Waals surface area contributed by atoms with Gasteiger partial charge in [-0.1, -0.05) is 18.2 Å². The molecule has 1 aromatic heterocycles. The van der Waals surface area contributed by atoms with E-state index in [9.17, 15) is 19.8 Å². The van der Waals surface area contributed by atoms with Crippen LogP contribution in [-0.2, 0) is 11.8 Å². The van der Waals surface area contributed by atoms with Gasteiger partial charge in [-0.3, -0.25) is 9.69 Å². The lowest BCUT2D eigenvalue weighted by molar-refractivity contribution is -0.143. The lowest BCUT2D eigenvalue weighted by Crippen LogP contribution is -2.49. The minimum Gasteiger partial charge on any atom is -0.480 e. The number of hydrogen-bond acceptors (Lipinski definition) is 4. The van der Waals surface area contributed by atoms with Gasteiger partial charge in [0.2, 0.25) is 0 Å². The summed E-state index contributed by atoms with van der Waals surface area (Å²) in [7, 11) is 1.81. The van der Waals surface area contributed by atoms with Crippen molar-refractivity contribution in [1.29, 1.82) is 0 Å². The van der Waals surface area contributed by atoms with E-state index in [-0.39, 0.29) is 5.56 Å². The smallest absolute Gasteiger partial charge is 0.335 e. The Bertz CT molecular complexity index is 1160. The molecule has 2 heterocycles. The number of fused-ring (bicyclic) bond motifs is 1. The van der Waals surface area contributed by atoms with Crippen molar-refractivity contribution >= 4 is 28.5 Å². The van der Waals surface area contributed by atoms with E-state index in [1.54, 1.807) is 16.7 Å². The van der Waals surface area contributed by atoms with Crippen LogP contribution in [0.1, 0.15) is 33.1 Å². The second-order valence-corrected chi connectivity index (χ2v) is 8.22. The molecular formula is C24H27N3O4. The van der Waals surface area contributed by atoms with E-state index in [4.69, 9.17) is 0 Å². The fraction of sp³-hybridized carbons (Fsp3) is 0.333. The van der Waals surface area contributed by atoms with Gasteiger partial charge in [-0.15, -0.1) is 0 Å². The zero-order chi connectivity index (χ0) is 22.3. The summed E-state index contributed by atoms with van der Waals surface area (Å²) in [5.41, 5.74) is 5.32. The summed E-state index contributed by atoms with van der Waals surface area (Å²) >= 11 is 0. The molecule has 7 nitrogen and oxygen atoms in total. The van der Waals surface area contributed by atoms with Crippen molar-refractivity contribution in [3.8, 4) is 0 Å².